The lowest BCUT2D eigenvalue weighted by atomic mass is 9.96. The van der Waals surface area contributed by atoms with Crippen LogP contribution in [0.3, 0.4) is 0 Å². The molecular formula is C16H34N2O. The second kappa shape index (κ2) is 12.4. The summed E-state index contributed by atoms with van der Waals surface area (Å²) >= 11 is 0. The molecule has 0 aromatic carbocycles. The van der Waals surface area contributed by atoms with Gasteiger partial charge in [-0.05, 0) is 24.7 Å². The van der Waals surface area contributed by atoms with Crippen LogP contribution in [0.25, 0.3) is 0 Å². The number of nitrogens with zero attached hydrogens (tertiary/aromatic N) is 2. The van der Waals surface area contributed by atoms with Crippen molar-refractivity contribution in [3.63, 3.8) is 0 Å². The number of rotatable bonds is 13. The van der Waals surface area contributed by atoms with Crippen LogP contribution >= 0.6 is 0 Å². The van der Waals surface area contributed by atoms with Gasteiger partial charge < -0.3 is 0 Å². The minimum absolute atomic E-state index is 0.756. The molecule has 3 nitrogen and oxygen atoms in total. The molecule has 3 heteroatoms. The molecule has 0 saturated carbocycles. The Hall–Kier alpha value is -0.600. The third-order valence-corrected chi connectivity index (χ3v) is 4.25. The quantitative estimate of drug-likeness (QED) is 0.331. The van der Waals surface area contributed by atoms with Gasteiger partial charge in [0.05, 0.1) is 5.29 Å². The highest BCUT2D eigenvalue weighted by molar-refractivity contribution is 4.63. The van der Waals surface area contributed by atoms with Gasteiger partial charge in [-0.15, -0.1) is 4.91 Å². The molecule has 0 aliphatic heterocycles. The molecule has 0 aromatic rings. The van der Waals surface area contributed by atoms with Crippen molar-refractivity contribution >= 4 is 0 Å². The minimum Gasteiger partial charge on any atom is -0.261 e. The van der Waals surface area contributed by atoms with Crippen LogP contribution in [0.2, 0.25) is 0 Å². The van der Waals surface area contributed by atoms with E-state index >= 15 is 0 Å². The first-order valence-corrected chi connectivity index (χ1v) is 8.29. The van der Waals surface area contributed by atoms with Gasteiger partial charge in [0.1, 0.15) is 0 Å². The van der Waals surface area contributed by atoms with Crippen molar-refractivity contribution in [1.29, 1.82) is 0 Å². The van der Waals surface area contributed by atoms with Crippen LogP contribution in [0.4, 0.5) is 0 Å². The fourth-order valence-electron chi connectivity index (χ4n) is 2.78. The standard InChI is InChI=1S/C16H34N2O/c1-5-9-15(7-3)11-13-18(17-19)14-12-16(8-4)10-6-2/h15-16H,5-14H2,1-4H3. The van der Waals surface area contributed by atoms with Crippen molar-refractivity contribution < 1.29 is 0 Å². The highest BCUT2D eigenvalue weighted by atomic mass is 16.3. The molecule has 0 heterocycles. The van der Waals surface area contributed by atoms with Crippen LogP contribution < -0.4 is 0 Å². The van der Waals surface area contributed by atoms with Gasteiger partial charge in [0.15, 0.2) is 0 Å². The highest BCUT2D eigenvalue weighted by Crippen LogP contribution is 2.18. The van der Waals surface area contributed by atoms with Crippen molar-refractivity contribution in [2.24, 2.45) is 17.1 Å². The maximum atomic E-state index is 10.9. The Morgan fingerprint density at radius 1 is 0.789 bits per heavy atom. The number of nitroso groups, excluding NO2 is 1. The Kier molecular flexibility index (Phi) is 12.0. The molecule has 0 radical (unpaired) electrons. The van der Waals surface area contributed by atoms with E-state index in [9.17, 15) is 4.91 Å². The van der Waals surface area contributed by atoms with Crippen LogP contribution in [-0.2, 0) is 0 Å². The first-order chi connectivity index (χ1) is 9.21. The van der Waals surface area contributed by atoms with E-state index in [0.717, 1.165) is 37.8 Å². The van der Waals surface area contributed by atoms with Gasteiger partial charge in [-0.1, -0.05) is 66.2 Å². The fourth-order valence-corrected chi connectivity index (χ4v) is 2.78. The zero-order chi connectivity index (χ0) is 14.5. The molecule has 114 valence electrons. The van der Waals surface area contributed by atoms with E-state index in [1.165, 1.54) is 38.5 Å². The largest absolute Gasteiger partial charge is 0.261 e. The van der Waals surface area contributed by atoms with E-state index in [-0.39, 0.29) is 0 Å². The highest BCUT2D eigenvalue weighted by Gasteiger charge is 2.11. The maximum Gasteiger partial charge on any atom is 0.0523 e. The van der Waals surface area contributed by atoms with Gasteiger partial charge in [0.2, 0.25) is 0 Å². The van der Waals surface area contributed by atoms with Gasteiger partial charge in [-0.25, -0.2) is 0 Å². The van der Waals surface area contributed by atoms with Gasteiger partial charge in [0, 0.05) is 13.1 Å². The molecule has 2 unspecified atom stereocenters. The Labute approximate surface area is 120 Å². The van der Waals surface area contributed by atoms with Gasteiger partial charge in [-0.2, -0.15) is 0 Å². The first kappa shape index (κ1) is 18.4. The summed E-state index contributed by atoms with van der Waals surface area (Å²) in [5, 5.41) is 4.95. The Balaban J connectivity index is 3.96. The monoisotopic (exact) mass is 270 g/mol. The zero-order valence-electron chi connectivity index (χ0n) is 13.5. The van der Waals surface area contributed by atoms with Crippen molar-refractivity contribution in [3.8, 4) is 0 Å². The summed E-state index contributed by atoms with van der Waals surface area (Å²) < 4.78 is 0. The summed E-state index contributed by atoms with van der Waals surface area (Å²) in [5.41, 5.74) is 0. The van der Waals surface area contributed by atoms with Crippen molar-refractivity contribution in [2.45, 2.75) is 79.1 Å². The van der Waals surface area contributed by atoms with E-state index < -0.39 is 0 Å². The minimum atomic E-state index is 0.756. The topological polar surface area (TPSA) is 32.7 Å². The average Bonchev–Trinajstić information content (AvgIpc) is 2.44. The smallest absolute Gasteiger partial charge is 0.0523 e. The molecule has 0 fully saturated rings. The van der Waals surface area contributed by atoms with Crippen molar-refractivity contribution in [3.05, 3.63) is 4.91 Å². The van der Waals surface area contributed by atoms with Gasteiger partial charge >= 0.3 is 0 Å². The lowest BCUT2D eigenvalue weighted by Gasteiger charge is -2.21. The molecule has 0 saturated heterocycles. The van der Waals surface area contributed by atoms with Crippen LogP contribution in [0.5, 0.6) is 0 Å². The molecule has 0 aliphatic carbocycles. The van der Waals surface area contributed by atoms with E-state index in [0.29, 0.717) is 0 Å². The van der Waals surface area contributed by atoms with Gasteiger partial charge in [-0.3, -0.25) is 5.01 Å². The summed E-state index contributed by atoms with van der Waals surface area (Å²) in [4.78, 5) is 10.9. The summed E-state index contributed by atoms with van der Waals surface area (Å²) in [6, 6.07) is 0. The normalized spacial score (nSPS) is 14.1. The SMILES string of the molecule is CCCC(CC)CCN(CCC(CC)CCC)N=O. The van der Waals surface area contributed by atoms with Crippen molar-refractivity contribution in [2.75, 3.05) is 13.1 Å². The third kappa shape index (κ3) is 9.01. The van der Waals surface area contributed by atoms with E-state index in [4.69, 9.17) is 0 Å². The molecule has 0 N–H and O–H groups in total. The lowest BCUT2D eigenvalue weighted by Crippen LogP contribution is -2.23. The second-order valence-electron chi connectivity index (χ2n) is 5.74. The van der Waals surface area contributed by atoms with Crippen LogP contribution in [0, 0.1) is 16.7 Å². The number of hydrogen-bond acceptors (Lipinski definition) is 2. The summed E-state index contributed by atoms with van der Waals surface area (Å²) in [5.74, 6) is 1.51. The predicted molar refractivity (Wildman–Crippen MR) is 84.0 cm³/mol. The van der Waals surface area contributed by atoms with Crippen LogP contribution in [-0.4, -0.2) is 18.1 Å². The third-order valence-electron chi connectivity index (χ3n) is 4.25. The molecule has 0 amide bonds. The molecular weight excluding hydrogens is 236 g/mol. The summed E-state index contributed by atoms with van der Waals surface area (Å²) in [6.45, 7) is 10.6. The number of hydrogen-bond donors (Lipinski definition) is 0. The molecule has 2 atom stereocenters. The fraction of sp³-hybridized carbons (Fsp3) is 1.00. The predicted octanol–water partition coefficient (Wildman–Crippen LogP) is 5.40. The molecule has 0 rings (SSSR count). The molecule has 0 spiro atoms. The Morgan fingerprint density at radius 2 is 1.21 bits per heavy atom. The summed E-state index contributed by atoms with van der Waals surface area (Å²) in [7, 11) is 0. The molecule has 0 bridgehead atoms. The van der Waals surface area contributed by atoms with Crippen LogP contribution in [0.15, 0.2) is 5.29 Å². The maximum absolute atomic E-state index is 10.9. The molecule has 0 aromatic heterocycles. The Bertz CT molecular complexity index is 191. The van der Waals surface area contributed by atoms with Crippen LogP contribution in [0.1, 0.15) is 79.1 Å². The van der Waals surface area contributed by atoms with E-state index in [1.807, 2.05) is 0 Å². The van der Waals surface area contributed by atoms with E-state index in [1.54, 1.807) is 5.01 Å². The first-order valence-electron chi connectivity index (χ1n) is 8.29. The second-order valence-corrected chi connectivity index (χ2v) is 5.74. The summed E-state index contributed by atoms with van der Waals surface area (Å²) in [6.07, 6.45) is 9.68. The van der Waals surface area contributed by atoms with Gasteiger partial charge in [0.25, 0.3) is 0 Å². The lowest BCUT2D eigenvalue weighted by molar-refractivity contribution is 0.229. The average molecular weight is 270 g/mol. The molecule has 19 heavy (non-hydrogen) atoms. The molecule has 0 aliphatic rings. The van der Waals surface area contributed by atoms with E-state index in [2.05, 4.69) is 33.0 Å². The zero-order valence-corrected chi connectivity index (χ0v) is 13.5. The Morgan fingerprint density at radius 3 is 1.47 bits per heavy atom. The van der Waals surface area contributed by atoms with Crippen molar-refractivity contribution in [1.82, 2.24) is 5.01 Å².